The number of aliphatic carboxylic acids is 1. The fraction of sp³-hybridized carbons (Fsp3) is 0.0909. The number of carboxylic acids is 1. The van der Waals surface area contributed by atoms with Crippen molar-refractivity contribution in [3.8, 4) is 11.5 Å². The van der Waals surface area contributed by atoms with Crippen LogP contribution in [0.2, 0.25) is 10.0 Å². The van der Waals surface area contributed by atoms with Gasteiger partial charge in [-0.25, -0.2) is 0 Å². The van der Waals surface area contributed by atoms with Crippen LogP contribution in [0.5, 0.6) is 11.5 Å². The number of para-hydroxylation sites is 1. The average molecular weight is 430 g/mol. The van der Waals surface area contributed by atoms with E-state index in [2.05, 4.69) is 0 Å². The lowest BCUT2D eigenvalue weighted by molar-refractivity contribution is -0.137. The molecule has 0 aliphatic carbocycles. The van der Waals surface area contributed by atoms with Crippen molar-refractivity contribution in [1.82, 2.24) is 4.90 Å². The summed E-state index contributed by atoms with van der Waals surface area (Å²) in [6.07, 6.45) is 0. The topological polar surface area (TPSA) is 66.8 Å². The van der Waals surface area contributed by atoms with Crippen molar-refractivity contribution < 1.29 is 19.4 Å². The van der Waals surface area contributed by atoms with Gasteiger partial charge >= 0.3 is 5.97 Å². The summed E-state index contributed by atoms with van der Waals surface area (Å²) in [5.74, 6) is -0.348. The van der Waals surface area contributed by atoms with Crippen LogP contribution in [0.3, 0.4) is 0 Å². The van der Waals surface area contributed by atoms with E-state index in [1.165, 1.54) is 17.0 Å². The highest BCUT2D eigenvalue weighted by Crippen LogP contribution is 2.27. The largest absolute Gasteiger partial charge is 0.480 e. The zero-order valence-electron chi connectivity index (χ0n) is 15.2. The van der Waals surface area contributed by atoms with E-state index in [-0.39, 0.29) is 22.2 Å². The fourth-order valence-electron chi connectivity index (χ4n) is 2.73. The number of benzene rings is 3. The van der Waals surface area contributed by atoms with Gasteiger partial charge in [0, 0.05) is 6.54 Å². The summed E-state index contributed by atoms with van der Waals surface area (Å²) in [6.45, 7) is -0.402. The maximum Gasteiger partial charge on any atom is 0.323 e. The first-order valence-electron chi connectivity index (χ1n) is 8.71. The molecule has 0 saturated heterocycles. The van der Waals surface area contributed by atoms with Gasteiger partial charge in [0.2, 0.25) is 0 Å². The molecule has 5 nitrogen and oxygen atoms in total. The second-order valence-electron chi connectivity index (χ2n) is 6.21. The van der Waals surface area contributed by atoms with Crippen molar-refractivity contribution in [3.05, 3.63) is 94.0 Å². The molecule has 148 valence electrons. The lowest BCUT2D eigenvalue weighted by Crippen LogP contribution is -2.35. The van der Waals surface area contributed by atoms with Crippen molar-refractivity contribution in [2.24, 2.45) is 0 Å². The van der Waals surface area contributed by atoms with E-state index in [0.717, 1.165) is 5.56 Å². The first kappa shape index (κ1) is 20.7. The third kappa shape index (κ3) is 5.50. The van der Waals surface area contributed by atoms with Gasteiger partial charge in [-0.05, 0) is 42.0 Å². The zero-order valence-corrected chi connectivity index (χ0v) is 16.7. The van der Waals surface area contributed by atoms with Crippen molar-refractivity contribution >= 4 is 35.1 Å². The Bertz CT molecular complexity index is 987. The average Bonchev–Trinajstić information content (AvgIpc) is 2.69. The Morgan fingerprint density at radius 1 is 0.828 bits per heavy atom. The van der Waals surface area contributed by atoms with Gasteiger partial charge in [0.1, 0.15) is 18.0 Å². The van der Waals surface area contributed by atoms with E-state index in [1.807, 2.05) is 30.3 Å². The molecule has 3 aromatic rings. The van der Waals surface area contributed by atoms with E-state index in [9.17, 15) is 14.7 Å². The Morgan fingerprint density at radius 3 is 2.00 bits per heavy atom. The number of nitrogens with zero attached hydrogens (tertiary/aromatic N) is 1. The first-order chi connectivity index (χ1) is 13.9. The Labute approximate surface area is 178 Å². The minimum atomic E-state index is -1.13. The Morgan fingerprint density at radius 2 is 1.41 bits per heavy atom. The van der Waals surface area contributed by atoms with Gasteiger partial charge in [0.05, 0.1) is 15.6 Å². The summed E-state index contributed by atoms with van der Waals surface area (Å²) >= 11 is 12.2. The molecule has 29 heavy (non-hydrogen) atoms. The molecule has 3 aromatic carbocycles. The molecule has 0 aromatic heterocycles. The number of carbonyl (C=O) groups excluding carboxylic acids is 1. The molecule has 0 radical (unpaired) electrons. The predicted octanol–water partition coefficient (Wildman–Crippen LogP) is 5.51. The highest BCUT2D eigenvalue weighted by molar-refractivity contribution is 6.39. The molecule has 0 spiro atoms. The van der Waals surface area contributed by atoms with Crippen LogP contribution < -0.4 is 4.74 Å². The SMILES string of the molecule is O=C(O)CN(Cc1ccc(Oc2ccccc2)cc1)C(=O)c1c(Cl)cccc1Cl. The van der Waals surface area contributed by atoms with Crippen LogP contribution in [-0.4, -0.2) is 28.4 Å². The van der Waals surface area contributed by atoms with Crippen LogP contribution in [0.1, 0.15) is 15.9 Å². The van der Waals surface area contributed by atoms with Crippen LogP contribution in [0.25, 0.3) is 0 Å². The van der Waals surface area contributed by atoms with E-state index < -0.39 is 18.4 Å². The number of carboxylic acid groups (broad SMARTS) is 1. The second-order valence-corrected chi connectivity index (χ2v) is 7.03. The lowest BCUT2D eigenvalue weighted by atomic mass is 10.1. The van der Waals surface area contributed by atoms with Crippen molar-refractivity contribution in [2.75, 3.05) is 6.54 Å². The third-order valence-corrected chi connectivity index (χ3v) is 4.70. The molecule has 1 amide bonds. The maximum atomic E-state index is 12.9. The third-order valence-electron chi connectivity index (χ3n) is 4.07. The van der Waals surface area contributed by atoms with Crippen LogP contribution in [-0.2, 0) is 11.3 Å². The molecule has 0 fully saturated rings. The fourth-order valence-corrected chi connectivity index (χ4v) is 3.29. The summed E-state index contributed by atoms with van der Waals surface area (Å²) < 4.78 is 5.74. The normalized spacial score (nSPS) is 10.4. The molecule has 0 unspecified atom stereocenters. The van der Waals surface area contributed by atoms with E-state index in [4.69, 9.17) is 27.9 Å². The molecular weight excluding hydrogens is 413 g/mol. The molecule has 1 N–H and O–H groups in total. The van der Waals surface area contributed by atoms with Crippen molar-refractivity contribution in [2.45, 2.75) is 6.54 Å². The minimum Gasteiger partial charge on any atom is -0.480 e. The van der Waals surface area contributed by atoms with Crippen molar-refractivity contribution in [1.29, 1.82) is 0 Å². The predicted molar refractivity (Wildman–Crippen MR) is 112 cm³/mol. The van der Waals surface area contributed by atoms with Gasteiger partial charge in [-0.1, -0.05) is 59.6 Å². The van der Waals surface area contributed by atoms with Gasteiger partial charge in [0.25, 0.3) is 5.91 Å². The van der Waals surface area contributed by atoms with Gasteiger partial charge in [-0.2, -0.15) is 0 Å². The molecule has 0 aliphatic heterocycles. The zero-order chi connectivity index (χ0) is 20.8. The standard InChI is InChI=1S/C22H17Cl2NO4/c23-18-7-4-8-19(24)21(18)22(28)25(14-20(26)27)13-15-9-11-17(12-10-15)29-16-5-2-1-3-6-16/h1-12H,13-14H2,(H,26,27). The van der Waals surface area contributed by atoms with E-state index >= 15 is 0 Å². The van der Waals surface area contributed by atoms with E-state index in [0.29, 0.717) is 11.5 Å². The van der Waals surface area contributed by atoms with Gasteiger partial charge in [-0.3, -0.25) is 9.59 Å². The van der Waals surface area contributed by atoms with Gasteiger partial charge < -0.3 is 14.7 Å². The number of hydrogen-bond acceptors (Lipinski definition) is 3. The lowest BCUT2D eigenvalue weighted by Gasteiger charge is -2.22. The Kier molecular flexibility index (Phi) is 6.75. The maximum absolute atomic E-state index is 12.9. The number of ether oxygens (including phenoxy) is 1. The molecule has 0 saturated carbocycles. The smallest absolute Gasteiger partial charge is 0.323 e. The highest BCUT2D eigenvalue weighted by atomic mass is 35.5. The summed E-state index contributed by atoms with van der Waals surface area (Å²) in [5.41, 5.74) is 0.823. The summed E-state index contributed by atoms with van der Waals surface area (Å²) in [7, 11) is 0. The molecule has 0 heterocycles. The second kappa shape index (κ2) is 9.45. The monoisotopic (exact) mass is 429 g/mol. The van der Waals surface area contributed by atoms with Crippen LogP contribution in [0.4, 0.5) is 0 Å². The summed E-state index contributed by atoms with van der Waals surface area (Å²) in [6, 6.07) is 21.1. The number of hydrogen-bond donors (Lipinski definition) is 1. The summed E-state index contributed by atoms with van der Waals surface area (Å²) in [4.78, 5) is 25.4. The quantitative estimate of drug-likeness (QED) is 0.537. The summed E-state index contributed by atoms with van der Waals surface area (Å²) in [5, 5.41) is 9.57. The van der Waals surface area contributed by atoms with E-state index in [1.54, 1.807) is 30.3 Å². The molecule has 0 atom stereocenters. The number of rotatable bonds is 7. The highest BCUT2D eigenvalue weighted by Gasteiger charge is 2.23. The number of carbonyl (C=O) groups is 2. The van der Waals surface area contributed by atoms with Crippen LogP contribution >= 0.6 is 23.2 Å². The molecule has 0 bridgehead atoms. The molecule has 0 aliphatic rings. The minimum absolute atomic E-state index is 0.0816. The molecule has 3 rings (SSSR count). The Hall–Kier alpha value is -3.02. The first-order valence-corrected chi connectivity index (χ1v) is 9.46. The van der Waals surface area contributed by atoms with Crippen molar-refractivity contribution in [3.63, 3.8) is 0 Å². The van der Waals surface area contributed by atoms with Crippen LogP contribution in [0.15, 0.2) is 72.8 Å². The Balaban J connectivity index is 1.78. The van der Waals surface area contributed by atoms with Gasteiger partial charge in [0.15, 0.2) is 0 Å². The van der Waals surface area contributed by atoms with Gasteiger partial charge in [-0.15, -0.1) is 0 Å². The molecule has 7 heteroatoms. The number of amides is 1. The number of halogens is 2. The molecular formula is C22H17Cl2NO4. The van der Waals surface area contributed by atoms with Crippen LogP contribution in [0, 0.1) is 0 Å².